The molecule has 3 rings (SSSR count). The predicted molar refractivity (Wildman–Crippen MR) is 61.3 cm³/mol. The molecule has 1 aliphatic carbocycles. The van der Waals surface area contributed by atoms with Gasteiger partial charge in [-0.05, 0) is 37.9 Å². The molecule has 0 saturated heterocycles. The molecule has 2 aromatic heterocycles. The summed E-state index contributed by atoms with van der Waals surface area (Å²) < 4.78 is 10.5. The molecule has 0 spiro atoms. The average Bonchev–Trinajstić information content (AvgIpc) is 2.88. The van der Waals surface area contributed by atoms with E-state index in [4.69, 9.17) is 8.94 Å². The van der Waals surface area contributed by atoms with Gasteiger partial charge in [-0.3, -0.25) is 0 Å². The molecular formula is C12H15N3O2. The van der Waals surface area contributed by atoms with Crippen molar-refractivity contribution in [1.29, 1.82) is 0 Å². The van der Waals surface area contributed by atoms with Crippen LogP contribution in [0.15, 0.2) is 27.3 Å². The predicted octanol–water partition coefficient (Wildman–Crippen LogP) is 1.87. The highest BCUT2D eigenvalue weighted by molar-refractivity contribution is 5.44. The van der Waals surface area contributed by atoms with Gasteiger partial charge in [0.05, 0.1) is 6.26 Å². The van der Waals surface area contributed by atoms with Gasteiger partial charge >= 0.3 is 0 Å². The molecule has 2 aromatic rings. The molecule has 0 bridgehead atoms. The van der Waals surface area contributed by atoms with Crippen LogP contribution in [0.25, 0.3) is 11.6 Å². The molecule has 0 amide bonds. The second-order valence-corrected chi connectivity index (χ2v) is 4.43. The maximum atomic E-state index is 5.24. The Kier molecular flexibility index (Phi) is 2.68. The summed E-state index contributed by atoms with van der Waals surface area (Å²) in [4.78, 5) is 4.34. The molecule has 1 atom stereocenters. The summed E-state index contributed by atoms with van der Waals surface area (Å²) in [7, 11) is 1.98. The van der Waals surface area contributed by atoms with Crippen molar-refractivity contribution in [3.8, 4) is 11.6 Å². The van der Waals surface area contributed by atoms with Crippen molar-refractivity contribution < 1.29 is 8.94 Å². The van der Waals surface area contributed by atoms with Gasteiger partial charge in [0.25, 0.3) is 0 Å². The number of rotatable bonds is 5. The monoisotopic (exact) mass is 233 g/mol. The van der Waals surface area contributed by atoms with Crippen molar-refractivity contribution in [2.45, 2.75) is 25.3 Å². The third kappa shape index (κ3) is 2.24. The normalized spacial score (nSPS) is 17.2. The van der Waals surface area contributed by atoms with E-state index < -0.39 is 0 Å². The summed E-state index contributed by atoms with van der Waals surface area (Å²) in [6, 6.07) is 4.08. The van der Waals surface area contributed by atoms with E-state index in [2.05, 4.69) is 15.5 Å². The largest absolute Gasteiger partial charge is 0.461 e. The van der Waals surface area contributed by atoms with E-state index in [0.29, 0.717) is 23.5 Å². The van der Waals surface area contributed by atoms with Gasteiger partial charge in [0.1, 0.15) is 0 Å². The van der Waals surface area contributed by atoms with Gasteiger partial charge in [0.2, 0.25) is 11.7 Å². The molecule has 90 valence electrons. The fraction of sp³-hybridized carbons (Fsp3) is 0.500. The van der Waals surface area contributed by atoms with Crippen LogP contribution in [0, 0.1) is 5.92 Å². The molecule has 1 saturated carbocycles. The van der Waals surface area contributed by atoms with E-state index >= 15 is 0 Å². The summed E-state index contributed by atoms with van der Waals surface area (Å²) in [5.41, 5.74) is 0. The molecule has 5 heteroatoms. The molecule has 2 heterocycles. The number of likely N-dealkylation sites (N-methyl/N-ethyl adjacent to an activating group) is 1. The zero-order valence-electron chi connectivity index (χ0n) is 9.72. The van der Waals surface area contributed by atoms with E-state index in [1.807, 2.05) is 19.2 Å². The summed E-state index contributed by atoms with van der Waals surface area (Å²) in [6.45, 7) is 0. The van der Waals surface area contributed by atoms with Gasteiger partial charge in [0, 0.05) is 12.5 Å². The highest BCUT2D eigenvalue weighted by Crippen LogP contribution is 2.33. The Labute approximate surface area is 99.2 Å². The molecule has 0 aromatic carbocycles. The number of furan rings is 1. The van der Waals surface area contributed by atoms with Gasteiger partial charge in [-0.15, -0.1) is 0 Å². The topological polar surface area (TPSA) is 64.1 Å². The molecule has 1 fully saturated rings. The Morgan fingerprint density at radius 2 is 2.41 bits per heavy atom. The van der Waals surface area contributed by atoms with Crippen LogP contribution in [-0.4, -0.2) is 23.2 Å². The Morgan fingerprint density at radius 1 is 1.53 bits per heavy atom. The Hall–Kier alpha value is -1.62. The zero-order chi connectivity index (χ0) is 11.7. The van der Waals surface area contributed by atoms with Crippen molar-refractivity contribution in [1.82, 2.24) is 15.5 Å². The molecule has 17 heavy (non-hydrogen) atoms. The fourth-order valence-corrected chi connectivity index (χ4v) is 2.03. The van der Waals surface area contributed by atoms with Crippen LogP contribution in [0.2, 0.25) is 0 Å². The van der Waals surface area contributed by atoms with Gasteiger partial charge in [-0.2, -0.15) is 4.98 Å². The van der Waals surface area contributed by atoms with Crippen LogP contribution in [0.1, 0.15) is 18.7 Å². The number of aromatic nitrogens is 2. The third-order valence-electron chi connectivity index (χ3n) is 3.17. The maximum absolute atomic E-state index is 5.24. The minimum Gasteiger partial charge on any atom is -0.461 e. The van der Waals surface area contributed by atoms with Crippen LogP contribution in [-0.2, 0) is 6.42 Å². The first-order chi connectivity index (χ1) is 8.36. The van der Waals surface area contributed by atoms with E-state index in [1.54, 1.807) is 6.26 Å². The third-order valence-corrected chi connectivity index (χ3v) is 3.17. The van der Waals surface area contributed by atoms with E-state index in [9.17, 15) is 0 Å². The molecule has 0 radical (unpaired) electrons. The summed E-state index contributed by atoms with van der Waals surface area (Å²) >= 11 is 0. The summed E-state index contributed by atoms with van der Waals surface area (Å²) in [5.74, 6) is 2.60. The van der Waals surface area contributed by atoms with Crippen molar-refractivity contribution in [3.63, 3.8) is 0 Å². The van der Waals surface area contributed by atoms with Crippen LogP contribution >= 0.6 is 0 Å². The molecule has 1 N–H and O–H groups in total. The Balaban J connectivity index is 1.71. The second-order valence-electron chi connectivity index (χ2n) is 4.43. The minimum absolute atomic E-state index is 0.444. The van der Waals surface area contributed by atoms with E-state index in [-0.39, 0.29) is 0 Å². The lowest BCUT2D eigenvalue weighted by Crippen LogP contribution is -2.29. The van der Waals surface area contributed by atoms with Gasteiger partial charge < -0.3 is 14.3 Å². The van der Waals surface area contributed by atoms with Crippen molar-refractivity contribution >= 4 is 0 Å². The lowest BCUT2D eigenvalue weighted by Gasteiger charge is -2.11. The van der Waals surface area contributed by atoms with E-state index in [1.165, 1.54) is 12.8 Å². The number of hydrogen-bond donors (Lipinski definition) is 1. The molecular weight excluding hydrogens is 218 g/mol. The van der Waals surface area contributed by atoms with Crippen LogP contribution in [0.5, 0.6) is 0 Å². The summed E-state index contributed by atoms with van der Waals surface area (Å²) in [6.07, 6.45) is 4.98. The van der Waals surface area contributed by atoms with Crippen molar-refractivity contribution in [3.05, 3.63) is 24.3 Å². The van der Waals surface area contributed by atoms with Crippen LogP contribution < -0.4 is 5.32 Å². The van der Waals surface area contributed by atoms with Crippen LogP contribution in [0.4, 0.5) is 0 Å². The maximum Gasteiger partial charge on any atom is 0.238 e. The van der Waals surface area contributed by atoms with Crippen molar-refractivity contribution in [2.24, 2.45) is 5.92 Å². The minimum atomic E-state index is 0.444. The highest BCUT2D eigenvalue weighted by Gasteiger charge is 2.31. The SMILES string of the molecule is CNC(Cc1nc(-c2ccco2)no1)C1CC1. The van der Waals surface area contributed by atoms with Crippen LogP contribution in [0.3, 0.4) is 0 Å². The molecule has 5 nitrogen and oxygen atoms in total. The average molecular weight is 233 g/mol. The number of nitrogens with zero attached hydrogens (tertiary/aromatic N) is 2. The Morgan fingerprint density at radius 3 is 3.06 bits per heavy atom. The lowest BCUT2D eigenvalue weighted by molar-refractivity contribution is 0.352. The molecule has 0 aliphatic heterocycles. The van der Waals surface area contributed by atoms with Gasteiger partial charge in [-0.1, -0.05) is 5.16 Å². The number of hydrogen-bond acceptors (Lipinski definition) is 5. The first-order valence-corrected chi connectivity index (χ1v) is 5.90. The lowest BCUT2D eigenvalue weighted by atomic mass is 10.1. The standard InChI is InChI=1S/C12H15N3O2/c1-13-9(8-4-5-8)7-11-14-12(15-17-11)10-3-2-6-16-10/h2-3,6,8-9,13H,4-5,7H2,1H3. The molecule has 1 aliphatic rings. The zero-order valence-corrected chi connectivity index (χ0v) is 9.72. The molecule has 1 unspecified atom stereocenters. The number of nitrogens with one attached hydrogen (secondary N) is 1. The second kappa shape index (κ2) is 4.33. The highest BCUT2D eigenvalue weighted by atomic mass is 16.5. The fourth-order valence-electron chi connectivity index (χ4n) is 2.03. The van der Waals surface area contributed by atoms with Gasteiger partial charge in [0.15, 0.2) is 5.76 Å². The van der Waals surface area contributed by atoms with Crippen molar-refractivity contribution in [2.75, 3.05) is 7.05 Å². The smallest absolute Gasteiger partial charge is 0.238 e. The quantitative estimate of drug-likeness (QED) is 0.854. The first-order valence-electron chi connectivity index (χ1n) is 5.90. The summed E-state index contributed by atoms with van der Waals surface area (Å²) in [5, 5.41) is 7.22. The Bertz CT molecular complexity index is 474. The van der Waals surface area contributed by atoms with E-state index in [0.717, 1.165) is 12.3 Å². The first kappa shape index (κ1) is 10.5. The van der Waals surface area contributed by atoms with Gasteiger partial charge in [-0.25, -0.2) is 0 Å².